The van der Waals surface area contributed by atoms with E-state index < -0.39 is 30.3 Å². The van der Waals surface area contributed by atoms with Crippen LogP contribution in [0.1, 0.15) is 16.8 Å². The van der Waals surface area contributed by atoms with Crippen molar-refractivity contribution in [3.8, 4) is 0 Å². The van der Waals surface area contributed by atoms with Crippen molar-refractivity contribution in [2.24, 2.45) is 23.7 Å². The SMILES string of the molecule is O=C(COC(=O)c1cccc(N2C(=O)[C@@H]3[C@H]4C[C@@H]([C@H](Cl)[C@H]4Cl)[C@@H]3C2=O)c1)Nc1cccc(Cl)c1. The molecule has 176 valence electrons. The van der Waals surface area contributed by atoms with Crippen LogP contribution in [0.15, 0.2) is 48.5 Å². The highest BCUT2D eigenvalue weighted by Gasteiger charge is 2.66. The molecule has 1 heterocycles. The van der Waals surface area contributed by atoms with Crippen molar-refractivity contribution in [2.45, 2.75) is 17.2 Å². The number of halogens is 3. The van der Waals surface area contributed by atoms with E-state index in [1.165, 1.54) is 12.1 Å². The molecule has 2 aromatic rings. The van der Waals surface area contributed by atoms with E-state index in [4.69, 9.17) is 39.5 Å². The van der Waals surface area contributed by atoms with E-state index in [-0.39, 0.29) is 45.7 Å². The van der Waals surface area contributed by atoms with Crippen molar-refractivity contribution in [1.29, 1.82) is 0 Å². The molecule has 34 heavy (non-hydrogen) atoms. The standard InChI is InChI=1S/C24H19Cl3N2O5/c25-12-4-2-5-13(8-12)28-17(30)10-34-24(33)11-3-1-6-14(7-11)29-22(31)18-15-9-16(19(18)23(29)32)21(27)20(15)26/h1-8,15-16,18-21H,9-10H2,(H,28,30)/t15-,16-,18-,19+,20+,21+/m1/s1. The fourth-order valence-corrected chi connectivity index (χ4v) is 6.44. The zero-order valence-corrected chi connectivity index (χ0v) is 19.9. The van der Waals surface area contributed by atoms with E-state index in [0.29, 0.717) is 17.1 Å². The second kappa shape index (κ2) is 8.87. The van der Waals surface area contributed by atoms with Crippen LogP contribution in [-0.4, -0.2) is 41.1 Å². The summed E-state index contributed by atoms with van der Waals surface area (Å²) in [4.78, 5) is 52.1. The van der Waals surface area contributed by atoms with Gasteiger partial charge in [-0.05, 0) is 54.7 Å². The van der Waals surface area contributed by atoms with Crippen LogP contribution in [0.25, 0.3) is 0 Å². The summed E-state index contributed by atoms with van der Waals surface area (Å²) >= 11 is 18.7. The maximum absolute atomic E-state index is 13.2. The Balaban J connectivity index is 1.27. The Labute approximate surface area is 210 Å². The maximum atomic E-state index is 13.2. The van der Waals surface area contributed by atoms with Gasteiger partial charge in [-0.3, -0.25) is 19.3 Å². The normalized spacial score (nSPS) is 29.3. The largest absolute Gasteiger partial charge is 0.452 e. The summed E-state index contributed by atoms with van der Waals surface area (Å²) in [6, 6.07) is 12.6. The summed E-state index contributed by atoms with van der Waals surface area (Å²) in [5, 5.41) is 2.35. The Morgan fingerprint density at radius 2 is 1.62 bits per heavy atom. The van der Waals surface area contributed by atoms with Crippen LogP contribution in [0.2, 0.25) is 5.02 Å². The first kappa shape index (κ1) is 23.1. The van der Waals surface area contributed by atoms with Gasteiger partial charge in [0.1, 0.15) is 0 Å². The van der Waals surface area contributed by atoms with Crippen LogP contribution in [0.3, 0.4) is 0 Å². The first-order valence-electron chi connectivity index (χ1n) is 10.7. The molecule has 10 heteroatoms. The lowest BCUT2D eigenvalue weighted by molar-refractivity contribution is -0.123. The van der Waals surface area contributed by atoms with Crippen molar-refractivity contribution in [1.82, 2.24) is 0 Å². The van der Waals surface area contributed by atoms with Crippen LogP contribution < -0.4 is 10.2 Å². The number of imide groups is 1. The fraction of sp³-hybridized carbons (Fsp3) is 0.333. The number of carbonyl (C=O) groups excluding carboxylic acids is 4. The summed E-state index contributed by atoms with van der Waals surface area (Å²) in [5.41, 5.74) is 0.859. The van der Waals surface area contributed by atoms with Gasteiger partial charge in [-0.15, -0.1) is 23.2 Å². The number of rotatable bonds is 5. The van der Waals surface area contributed by atoms with Gasteiger partial charge in [0.05, 0.1) is 33.8 Å². The minimum atomic E-state index is -0.760. The molecule has 1 aliphatic heterocycles. The molecule has 6 atom stereocenters. The lowest BCUT2D eigenvalue weighted by Crippen LogP contribution is -2.37. The Morgan fingerprint density at radius 3 is 2.26 bits per heavy atom. The molecule has 2 aromatic carbocycles. The molecule has 0 spiro atoms. The monoisotopic (exact) mass is 520 g/mol. The number of hydrogen-bond donors (Lipinski definition) is 1. The highest BCUT2D eigenvalue weighted by Crippen LogP contribution is 2.59. The predicted molar refractivity (Wildman–Crippen MR) is 127 cm³/mol. The number of anilines is 2. The average Bonchev–Trinajstić information content (AvgIpc) is 3.42. The number of esters is 1. The molecule has 3 aliphatic rings. The van der Waals surface area contributed by atoms with E-state index in [9.17, 15) is 19.2 Å². The zero-order chi connectivity index (χ0) is 24.1. The highest BCUT2D eigenvalue weighted by molar-refractivity contribution is 6.32. The van der Waals surface area contributed by atoms with Gasteiger partial charge in [-0.25, -0.2) is 4.79 Å². The number of ether oxygens (including phenoxy) is 1. The topological polar surface area (TPSA) is 92.8 Å². The number of nitrogens with zero attached hydrogens (tertiary/aromatic N) is 1. The molecule has 1 N–H and O–H groups in total. The number of carbonyl (C=O) groups is 4. The average molecular weight is 522 g/mol. The molecule has 7 nitrogen and oxygen atoms in total. The molecule has 0 radical (unpaired) electrons. The third-order valence-corrected chi connectivity index (χ3v) is 8.32. The molecule has 2 aliphatic carbocycles. The van der Waals surface area contributed by atoms with Gasteiger partial charge in [0.2, 0.25) is 11.8 Å². The third kappa shape index (κ3) is 3.85. The van der Waals surface area contributed by atoms with Gasteiger partial charge >= 0.3 is 5.97 Å². The molecule has 5 rings (SSSR count). The maximum Gasteiger partial charge on any atom is 0.338 e. The van der Waals surface area contributed by atoms with Crippen LogP contribution in [0.4, 0.5) is 11.4 Å². The number of fused-ring (bicyclic) bond motifs is 5. The molecule has 2 bridgehead atoms. The lowest BCUT2D eigenvalue weighted by atomic mass is 9.80. The van der Waals surface area contributed by atoms with E-state index in [1.807, 2.05) is 0 Å². The smallest absolute Gasteiger partial charge is 0.338 e. The second-order valence-corrected chi connectivity index (χ2v) is 10.1. The summed E-state index contributed by atoms with van der Waals surface area (Å²) < 4.78 is 5.10. The summed E-state index contributed by atoms with van der Waals surface area (Å²) in [7, 11) is 0. The number of amides is 3. The minimum absolute atomic E-state index is 0.110. The van der Waals surface area contributed by atoms with E-state index in [2.05, 4.69) is 5.32 Å². The minimum Gasteiger partial charge on any atom is -0.452 e. The van der Waals surface area contributed by atoms with Crippen LogP contribution in [0.5, 0.6) is 0 Å². The van der Waals surface area contributed by atoms with Crippen LogP contribution in [0, 0.1) is 23.7 Å². The zero-order valence-electron chi connectivity index (χ0n) is 17.6. The summed E-state index contributed by atoms with van der Waals surface area (Å²) in [6.07, 6.45) is 0.673. The molecule has 3 fully saturated rings. The van der Waals surface area contributed by atoms with Crippen molar-refractivity contribution < 1.29 is 23.9 Å². The first-order chi connectivity index (χ1) is 16.3. The number of alkyl halides is 2. The molecule has 2 saturated carbocycles. The van der Waals surface area contributed by atoms with Gasteiger partial charge < -0.3 is 10.1 Å². The Kier molecular flexibility index (Phi) is 6.04. The van der Waals surface area contributed by atoms with Crippen LogP contribution >= 0.6 is 34.8 Å². The number of benzene rings is 2. The van der Waals surface area contributed by atoms with Gasteiger partial charge in [-0.2, -0.15) is 0 Å². The quantitative estimate of drug-likeness (QED) is 0.363. The fourth-order valence-electron chi connectivity index (χ4n) is 5.35. The van der Waals surface area contributed by atoms with Gasteiger partial charge in [0, 0.05) is 10.7 Å². The van der Waals surface area contributed by atoms with Crippen molar-refractivity contribution in [3.05, 3.63) is 59.1 Å². The second-order valence-electron chi connectivity index (χ2n) is 8.70. The predicted octanol–water partition coefficient (Wildman–Crippen LogP) is 4.11. The molecule has 0 aromatic heterocycles. The molecule has 3 amide bonds. The molecular formula is C24H19Cl3N2O5. The van der Waals surface area contributed by atoms with E-state index >= 15 is 0 Å². The van der Waals surface area contributed by atoms with Crippen molar-refractivity contribution in [3.63, 3.8) is 0 Å². The molecule has 0 unspecified atom stereocenters. The Morgan fingerprint density at radius 1 is 0.971 bits per heavy atom. The first-order valence-corrected chi connectivity index (χ1v) is 12.0. The summed E-state index contributed by atoms with van der Waals surface area (Å²) in [5.74, 6) is -3.17. The van der Waals surface area contributed by atoms with Gasteiger partial charge in [0.15, 0.2) is 6.61 Å². The molecular weight excluding hydrogens is 503 g/mol. The van der Waals surface area contributed by atoms with E-state index in [1.54, 1.807) is 36.4 Å². The Bertz CT molecular complexity index is 1170. The number of nitrogens with one attached hydrogen (secondary N) is 1. The summed E-state index contributed by atoms with van der Waals surface area (Å²) in [6.45, 7) is -0.515. The highest BCUT2D eigenvalue weighted by atomic mass is 35.5. The van der Waals surface area contributed by atoms with Crippen molar-refractivity contribution >= 4 is 69.9 Å². The molecule has 1 saturated heterocycles. The van der Waals surface area contributed by atoms with Crippen molar-refractivity contribution in [2.75, 3.05) is 16.8 Å². The Hall–Kier alpha value is -2.61. The van der Waals surface area contributed by atoms with Gasteiger partial charge in [0.25, 0.3) is 5.91 Å². The van der Waals surface area contributed by atoms with Gasteiger partial charge in [-0.1, -0.05) is 23.7 Å². The lowest BCUT2D eigenvalue weighted by Gasteiger charge is -2.28. The van der Waals surface area contributed by atoms with E-state index in [0.717, 1.165) is 4.90 Å². The van der Waals surface area contributed by atoms with Crippen LogP contribution in [-0.2, 0) is 19.1 Å². The number of hydrogen-bond acceptors (Lipinski definition) is 5. The third-order valence-electron chi connectivity index (χ3n) is 6.77.